The third-order valence-corrected chi connectivity index (χ3v) is 7.15. The molecule has 10 heteroatoms. The Labute approximate surface area is 180 Å². The molecule has 5 nitrogen and oxygen atoms in total. The molecule has 2 aromatic rings. The van der Waals surface area contributed by atoms with Crippen LogP contribution in [0.4, 0.5) is 18.9 Å². The van der Waals surface area contributed by atoms with Crippen molar-refractivity contribution in [1.82, 2.24) is 0 Å². The monoisotopic (exact) mass is 496 g/mol. The fraction of sp³-hybridized carbons (Fsp3) is 0.250. The van der Waals surface area contributed by atoms with Gasteiger partial charge in [-0.1, -0.05) is 0 Å². The summed E-state index contributed by atoms with van der Waals surface area (Å²) in [5.41, 5.74) is 3.15. The zero-order chi connectivity index (χ0) is 21.2. The first-order valence-corrected chi connectivity index (χ1v) is 10.7. The zero-order valence-corrected chi connectivity index (χ0v) is 17.5. The third-order valence-electron chi connectivity index (χ3n) is 5.19. The van der Waals surface area contributed by atoms with E-state index in [-0.39, 0.29) is 21.2 Å². The van der Waals surface area contributed by atoms with E-state index < -0.39 is 12.1 Å². The second-order valence-corrected chi connectivity index (χ2v) is 9.16. The number of fused-ring (bicyclic) bond motifs is 1. The molecule has 0 aliphatic carbocycles. The standard InChI is InChI=1S/C20H12BrF3N2O3S/c21-11-3-9-4-15(30-14(9)6-13(11)29-19(28)20(22,23)24)10-5-12-16-8(1-2-25-12)7-26-17(16)18(10)27/h3,5-7,15,27H,1-2,4H2. The minimum atomic E-state index is -5.08. The Morgan fingerprint density at radius 1 is 1.30 bits per heavy atom. The number of ether oxygens (including phenoxy) is 1. The number of alkyl halides is 3. The average molecular weight is 497 g/mol. The summed E-state index contributed by atoms with van der Waals surface area (Å²) >= 11 is 4.56. The van der Waals surface area contributed by atoms with Gasteiger partial charge in [0, 0.05) is 33.7 Å². The van der Waals surface area contributed by atoms with Crippen molar-refractivity contribution in [1.29, 1.82) is 0 Å². The predicted molar refractivity (Wildman–Crippen MR) is 108 cm³/mol. The van der Waals surface area contributed by atoms with Gasteiger partial charge in [-0.15, -0.1) is 11.8 Å². The van der Waals surface area contributed by atoms with Gasteiger partial charge in [0.05, 0.1) is 9.83 Å². The predicted octanol–water partition coefficient (Wildman–Crippen LogP) is 3.90. The maximum atomic E-state index is 12.5. The molecule has 2 aromatic carbocycles. The van der Waals surface area contributed by atoms with Gasteiger partial charge in [-0.2, -0.15) is 13.2 Å². The highest BCUT2D eigenvalue weighted by atomic mass is 79.9. The Morgan fingerprint density at radius 3 is 2.87 bits per heavy atom. The minimum Gasteiger partial charge on any atom is -0.505 e. The lowest BCUT2D eigenvalue weighted by molar-refractivity contribution is -0.189. The number of phenols is 1. The number of nitrogens with zero attached hydrogens (tertiary/aromatic N) is 2. The normalized spacial score (nSPS) is 18.8. The fourth-order valence-electron chi connectivity index (χ4n) is 3.82. The van der Waals surface area contributed by atoms with Crippen molar-refractivity contribution in [3.8, 4) is 11.5 Å². The fourth-order valence-corrected chi connectivity index (χ4v) is 5.64. The van der Waals surface area contributed by atoms with Crippen LogP contribution in [0, 0.1) is 0 Å². The van der Waals surface area contributed by atoms with E-state index in [1.807, 2.05) is 6.07 Å². The Morgan fingerprint density at radius 2 is 2.10 bits per heavy atom. The number of aromatic hydroxyl groups is 1. The minimum absolute atomic E-state index is 0.102. The third kappa shape index (κ3) is 3.13. The molecule has 0 amide bonds. The second-order valence-electron chi connectivity index (χ2n) is 7.06. The first-order valence-electron chi connectivity index (χ1n) is 8.98. The van der Waals surface area contributed by atoms with Gasteiger partial charge in [0.2, 0.25) is 0 Å². The number of aliphatic imine (C=N–C) groups is 1. The molecule has 30 heavy (non-hydrogen) atoms. The van der Waals surface area contributed by atoms with E-state index in [2.05, 4.69) is 30.7 Å². The van der Waals surface area contributed by atoms with Gasteiger partial charge in [-0.3, -0.25) is 9.98 Å². The van der Waals surface area contributed by atoms with Crippen molar-refractivity contribution < 1.29 is 27.8 Å². The molecule has 1 unspecified atom stereocenters. The summed E-state index contributed by atoms with van der Waals surface area (Å²) in [6, 6.07) is 4.92. The largest absolute Gasteiger partial charge is 0.505 e. The molecule has 5 rings (SSSR count). The second kappa shape index (κ2) is 6.84. The summed E-state index contributed by atoms with van der Waals surface area (Å²) in [6.45, 7) is 0.664. The number of carbonyl (C=O) groups excluding carboxylic acids is 1. The first-order chi connectivity index (χ1) is 14.2. The number of carbonyl (C=O) groups is 1. The molecule has 0 radical (unpaired) electrons. The van der Waals surface area contributed by atoms with Gasteiger partial charge in [0.25, 0.3) is 0 Å². The molecule has 0 aromatic heterocycles. The van der Waals surface area contributed by atoms with E-state index in [4.69, 9.17) is 0 Å². The van der Waals surface area contributed by atoms with Crippen molar-refractivity contribution in [3.63, 3.8) is 0 Å². The number of esters is 1. The molecule has 1 atom stereocenters. The van der Waals surface area contributed by atoms with Crippen molar-refractivity contribution in [2.75, 3.05) is 6.54 Å². The number of benzene rings is 2. The molecule has 3 aliphatic heterocycles. The summed E-state index contributed by atoms with van der Waals surface area (Å²) in [5.74, 6) is -2.37. The van der Waals surface area contributed by atoms with Gasteiger partial charge in [0.1, 0.15) is 17.2 Å². The van der Waals surface area contributed by atoms with E-state index in [1.165, 1.54) is 17.8 Å². The van der Waals surface area contributed by atoms with Gasteiger partial charge in [-0.05, 0) is 58.1 Å². The van der Waals surface area contributed by atoms with Crippen LogP contribution in [0.5, 0.6) is 11.5 Å². The molecule has 3 aliphatic rings. The van der Waals surface area contributed by atoms with Crippen LogP contribution >= 0.6 is 27.7 Å². The van der Waals surface area contributed by atoms with E-state index in [9.17, 15) is 23.1 Å². The van der Waals surface area contributed by atoms with E-state index in [1.54, 1.807) is 12.3 Å². The van der Waals surface area contributed by atoms with Crippen molar-refractivity contribution in [2.24, 2.45) is 9.98 Å². The van der Waals surface area contributed by atoms with Crippen LogP contribution in [0.15, 0.2) is 37.6 Å². The summed E-state index contributed by atoms with van der Waals surface area (Å²) in [4.78, 5) is 20.8. The number of hydrogen-bond donors (Lipinski definition) is 1. The lowest BCUT2D eigenvalue weighted by Crippen LogP contribution is -2.31. The summed E-state index contributed by atoms with van der Waals surface area (Å²) in [6.07, 6.45) is -1.97. The molecular weight excluding hydrogens is 485 g/mol. The molecule has 0 saturated heterocycles. The van der Waals surface area contributed by atoms with Gasteiger partial charge in [-0.25, -0.2) is 4.79 Å². The van der Waals surface area contributed by atoms with Crippen LogP contribution in [0.1, 0.15) is 22.8 Å². The maximum absolute atomic E-state index is 12.5. The molecule has 3 heterocycles. The quantitative estimate of drug-likeness (QED) is 0.505. The van der Waals surface area contributed by atoms with Gasteiger partial charge in [0.15, 0.2) is 0 Å². The Kier molecular flexibility index (Phi) is 4.48. The summed E-state index contributed by atoms with van der Waals surface area (Å²) < 4.78 is 42.4. The zero-order valence-electron chi connectivity index (χ0n) is 15.1. The number of rotatable bonds is 2. The lowest BCUT2D eigenvalue weighted by atomic mass is 9.99. The van der Waals surface area contributed by atoms with E-state index in [0.717, 1.165) is 28.1 Å². The van der Waals surface area contributed by atoms with Crippen LogP contribution in [0.2, 0.25) is 0 Å². The first kappa shape index (κ1) is 19.6. The smallest absolute Gasteiger partial charge is 0.491 e. The topological polar surface area (TPSA) is 71.2 Å². The van der Waals surface area contributed by atoms with E-state index >= 15 is 0 Å². The molecular formula is C20H12BrF3N2O3S. The Hall–Kier alpha value is -2.33. The number of phenolic OH excluding ortho intramolecular Hbond substituents is 1. The molecule has 0 bridgehead atoms. The maximum Gasteiger partial charge on any atom is 0.491 e. The molecule has 0 fully saturated rings. The molecule has 0 spiro atoms. The van der Waals surface area contributed by atoms with Crippen molar-refractivity contribution >= 4 is 51.1 Å². The van der Waals surface area contributed by atoms with Crippen LogP contribution in [0.25, 0.3) is 5.57 Å². The lowest BCUT2D eigenvalue weighted by Gasteiger charge is -2.14. The van der Waals surface area contributed by atoms with Gasteiger partial charge >= 0.3 is 12.1 Å². The summed E-state index contributed by atoms with van der Waals surface area (Å²) in [5, 5.41) is 12.4. The SMILES string of the molecule is O=C(Oc1cc2c(cc1Br)CC(c1cc3c4c(c1O)N=CC=4CCN=3)S2)C(F)(F)F. The number of thioether (sulfide) groups is 1. The average Bonchev–Trinajstić information content (AvgIpc) is 3.29. The Bertz CT molecular complexity index is 1270. The molecule has 1 N–H and O–H groups in total. The Balaban J connectivity index is 1.50. The van der Waals surface area contributed by atoms with Crippen LogP contribution < -0.4 is 15.3 Å². The van der Waals surface area contributed by atoms with Crippen LogP contribution in [-0.4, -0.2) is 30.0 Å². The number of halogens is 4. The summed E-state index contributed by atoms with van der Waals surface area (Å²) in [7, 11) is 0. The highest BCUT2D eigenvalue weighted by molar-refractivity contribution is 9.10. The van der Waals surface area contributed by atoms with Crippen LogP contribution in [-0.2, 0) is 11.2 Å². The number of hydrogen-bond acceptors (Lipinski definition) is 6. The van der Waals surface area contributed by atoms with Crippen molar-refractivity contribution in [3.05, 3.63) is 44.4 Å². The van der Waals surface area contributed by atoms with E-state index in [0.29, 0.717) is 29.1 Å². The van der Waals surface area contributed by atoms with Gasteiger partial charge < -0.3 is 9.84 Å². The highest BCUT2D eigenvalue weighted by Gasteiger charge is 2.42. The molecule has 0 saturated carbocycles. The van der Waals surface area contributed by atoms with Crippen molar-refractivity contribution in [2.45, 2.75) is 29.2 Å². The molecule has 154 valence electrons. The highest BCUT2D eigenvalue weighted by Crippen LogP contribution is 2.51. The van der Waals surface area contributed by atoms with Crippen LogP contribution in [0.3, 0.4) is 0 Å².